The van der Waals surface area contributed by atoms with Crippen LogP contribution in [0.1, 0.15) is 19.3 Å². The van der Waals surface area contributed by atoms with E-state index in [1.165, 1.54) is 6.42 Å². The fraction of sp³-hybridized carbons (Fsp3) is 0.833. The third-order valence-corrected chi connectivity index (χ3v) is 3.04. The van der Waals surface area contributed by atoms with Crippen LogP contribution in [0.3, 0.4) is 0 Å². The molecule has 2 N–H and O–H groups in total. The number of rotatable bonds is 6. The minimum absolute atomic E-state index is 0.256. The van der Waals surface area contributed by atoms with Gasteiger partial charge in [-0.15, -0.1) is 0 Å². The van der Waals surface area contributed by atoms with Crippen LogP contribution in [0.25, 0.3) is 0 Å². The van der Waals surface area contributed by atoms with Crippen LogP contribution in [0.4, 0.5) is 0 Å². The highest BCUT2D eigenvalue weighted by Gasteiger charge is 2.20. The summed E-state index contributed by atoms with van der Waals surface area (Å²) in [5, 5.41) is 12.8. The van der Waals surface area contributed by atoms with Crippen molar-refractivity contribution >= 4 is 0 Å². The van der Waals surface area contributed by atoms with Gasteiger partial charge in [0.05, 0.1) is 6.61 Å². The van der Waals surface area contributed by atoms with Gasteiger partial charge in [-0.05, 0) is 39.3 Å². The number of allylic oxidation sites excluding steroid dienone is 2. The summed E-state index contributed by atoms with van der Waals surface area (Å²) in [5.74, 6) is 0.613. The quantitative estimate of drug-likeness (QED) is 0.641. The van der Waals surface area contributed by atoms with E-state index < -0.39 is 0 Å². The second kappa shape index (κ2) is 6.99. The highest BCUT2D eigenvalue weighted by Crippen LogP contribution is 2.21. The van der Waals surface area contributed by atoms with Crippen LogP contribution in [-0.4, -0.2) is 49.8 Å². The van der Waals surface area contributed by atoms with Gasteiger partial charge in [-0.2, -0.15) is 0 Å². The normalized spacial score (nSPS) is 23.3. The van der Waals surface area contributed by atoms with Gasteiger partial charge < -0.3 is 15.3 Å². The van der Waals surface area contributed by atoms with E-state index in [9.17, 15) is 5.11 Å². The molecule has 15 heavy (non-hydrogen) atoms. The predicted octanol–water partition coefficient (Wildman–Crippen LogP) is 0.855. The lowest BCUT2D eigenvalue weighted by Crippen LogP contribution is -2.42. The van der Waals surface area contributed by atoms with Gasteiger partial charge in [-0.1, -0.05) is 12.2 Å². The first-order valence-corrected chi connectivity index (χ1v) is 5.88. The number of nitrogens with one attached hydrogen (secondary N) is 1. The van der Waals surface area contributed by atoms with Crippen molar-refractivity contribution in [3.05, 3.63) is 12.2 Å². The molecule has 0 aromatic carbocycles. The summed E-state index contributed by atoms with van der Waals surface area (Å²) in [4.78, 5) is 2.15. The second-order valence-corrected chi connectivity index (χ2v) is 4.59. The number of hydrogen-bond donors (Lipinski definition) is 2. The van der Waals surface area contributed by atoms with E-state index >= 15 is 0 Å². The molecule has 0 bridgehead atoms. The molecule has 88 valence electrons. The minimum atomic E-state index is 0.256. The zero-order chi connectivity index (χ0) is 11.1. The molecule has 0 radical (unpaired) electrons. The van der Waals surface area contributed by atoms with E-state index in [4.69, 9.17) is 0 Å². The molecular formula is C12H24N2O. The zero-order valence-corrected chi connectivity index (χ0v) is 9.95. The van der Waals surface area contributed by atoms with Gasteiger partial charge in [0.1, 0.15) is 0 Å². The van der Waals surface area contributed by atoms with Gasteiger partial charge in [0.25, 0.3) is 0 Å². The minimum Gasteiger partial charge on any atom is -0.395 e. The lowest BCUT2D eigenvalue weighted by atomic mass is 9.88. The number of aliphatic hydroxyl groups is 1. The molecule has 0 aliphatic heterocycles. The molecular weight excluding hydrogens is 188 g/mol. The van der Waals surface area contributed by atoms with E-state index in [2.05, 4.69) is 36.5 Å². The number of aliphatic hydroxyl groups excluding tert-OH is 1. The Morgan fingerprint density at radius 2 is 2.27 bits per heavy atom. The average Bonchev–Trinajstić information content (AvgIpc) is 2.25. The van der Waals surface area contributed by atoms with Crippen molar-refractivity contribution in [1.82, 2.24) is 10.2 Å². The van der Waals surface area contributed by atoms with Crippen LogP contribution in [0.2, 0.25) is 0 Å². The van der Waals surface area contributed by atoms with Gasteiger partial charge >= 0.3 is 0 Å². The van der Waals surface area contributed by atoms with Crippen molar-refractivity contribution in [2.45, 2.75) is 25.3 Å². The van der Waals surface area contributed by atoms with Crippen molar-refractivity contribution in [1.29, 1.82) is 0 Å². The van der Waals surface area contributed by atoms with Gasteiger partial charge in [-0.25, -0.2) is 0 Å². The summed E-state index contributed by atoms with van der Waals surface area (Å²) in [7, 11) is 4.14. The Morgan fingerprint density at radius 3 is 2.80 bits per heavy atom. The van der Waals surface area contributed by atoms with Crippen LogP contribution in [0.15, 0.2) is 12.2 Å². The monoisotopic (exact) mass is 212 g/mol. The Hall–Kier alpha value is -0.380. The first kappa shape index (κ1) is 12.7. The summed E-state index contributed by atoms with van der Waals surface area (Å²) in [6.45, 7) is 2.24. The summed E-state index contributed by atoms with van der Waals surface area (Å²) in [5.41, 5.74) is 0. The molecule has 0 spiro atoms. The summed E-state index contributed by atoms with van der Waals surface area (Å²) in [6.07, 6.45) is 7.96. The topological polar surface area (TPSA) is 35.5 Å². The largest absolute Gasteiger partial charge is 0.395 e. The molecule has 1 aliphatic rings. The Balaban J connectivity index is 2.25. The molecule has 2 unspecified atom stereocenters. The van der Waals surface area contributed by atoms with Crippen molar-refractivity contribution < 1.29 is 5.11 Å². The molecule has 0 heterocycles. The van der Waals surface area contributed by atoms with Crippen LogP contribution >= 0.6 is 0 Å². The lowest BCUT2D eigenvalue weighted by molar-refractivity contribution is 0.188. The molecule has 1 rings (SSSR count). The number of likely N-dealkylation sites (N-methyl/N-ethyl adjacent to an activating group) is 1. The van der Waals surface area contributed by atoms with Gasteiger partial charge in [0, 0.05) is 19.1 Å². The molecule has 0 saturated heterocycles. The second-order valence-electron chi connectivity index (χ2n) is 4.59. The zero-order valence-electron chi connectivity index (χ0n) is 9.95. The number of hydrogen-bond acceptors (Lipinski definition) is 3. The first-order valence-electron chi connectivity index (χ1n) is 5.88. The smallest absolute Gasteiger partial charge is 0.0587 e. The summed E-state index contributed by atoms with van der Waals surface area (Å²) in [6, 6.07) is 0.273. The van der Waals surface area contributed by atoms with Crippen LogP contribution in [0, 0.1) is 5.92 Å². The first-order chi connectivity index (χ1) is 7.24. The summed E-state index contributed by atoms with van der Waals surface area (Å²) < 4.78 is 0. The molecule has 0 aromatic heterocycles. The van der Waals surface area contributed by atoms with Gasteiger partial charge in [-0.3, -0.25) is 0 Å². The molecule has 0 fully saturated rings. The maximum absolute atomic E-state index is 9.34. The van der Waals surface area contributed by atoms with E-state index in [0.717, 1.165) is 25.9 Å². The van der Waals surface area contributed by atoms with Crippen LogP contribution in [0.5, 0.6) is 0 Å². The molecule has 0 aromatic rings. The molecule has 0 amide bonds. The molecule has 3 heteroatoms. The third kappa shape index (κ3) is 4.78. The highest BCUT2D eigenvalue weighted by molar-refractivity contribution is 4.93. The van der Waals surface area contributed by atoms with Crippen molar-refractivity contribution in [3.8, 4) is 0 Å². The Kier molecular flexibility index (Phi) is 5.91. The molecule has 2 atom stereocenters. The Labute approximate surface area is 93.2 Å². The van der Waals surface area contributed by atoms with E-state index in [0.29, 0.717) is 5.92 Å². The average molecular weight is 212 g/mol. The van der Waals surface area contributed by atoms with E-state index in [-0.39, 0.29) is 12.6 Å². The fourth-order valence-electron chi connectivity index (χ4n) is 2.04. The number of nitrogens with zero attached hydrogens (tertiary/aromatic N) is 1. The van der Waals surface area contributed by atoms with Crippen LogP contribution in [-0.2, 0) is 0 Å². The Bertz CT molecular complexity index is 192. The van der Waals surface area contributed by atoms with Gasteiger partial charge in [0.15, 0.2) is 0 Å². The lowest BCUT2D eigenvalue weighted by Gasteiger charge is -2.28. The summed E-state index contributed by atoms with van der Waals surface area (Å²) >= 11 is 0. The van der Waals surface area contributed by atoms with E-state index in [1.54, 1.807) is 0 Å². The molecule has 3 nitrogen and oxygen atoms in total. The van der Waals surface area contributed by atoms with Crippen molar-refractivity contribution in [3.63, 3.8) is 0 Å². The highest BCUT2D eigenvalue weighted by atomic mass is 16.3. The predicted molar refractivity (Wildman–Crippen MR) is 63.9 cm³/mol. The van der Waals surface area contributed by atoms with E-state index in [1.807, 2.05) is 0 Å². The third-order valence-electron chi connectivity index (χ3n) is 3.04. The SMILES string of the molecule is CN(C)CCNC(CO)C1CC=CCC1. The van der Waals surface area contributed by atoms with Crippen molar-refractivity contribution in [2.24, 2.45) is 5.92 Å². The Morgan fingerprint density at radius 1 is 1.47 bits per heavy atom. The molecule has 1 aliphatic carbocycles. The fourth-order valence-corrected chi connectivity index (χ4v) is 2.04. The van der Waals surface area contributed by atoms with Gasteiger partial charge in [0.2, 0.25) is 0 Å². The van der Waals surface area contributed by atoms with Crippen LogP contribution < -0.4 is 5.32 Å². The van der Waals surface area contributed by atoms with Crippen molar-refractivity contribution in [2.75, 3.05) is 33.8 Å². The maximum Gasteiger partial charge on any atom is 0.0587 e. The maximum atomic E-state index is 9.34. The standard InChI is InChI=1S/C12H24N2O/c1-14(2)9-8-13-12(10-15)11-6-4-3-5-7-11/h3-4,11-13,15H,5-10H2,1-2H3. The molecule has 0 saturated carbocycles.